The number of aryl methyl sites for hydroxylation is 3. The molecule has 0 fully saturated rings. The van der Waals surface area contributed by atoms with Gasteiger partial charge in [-0.15, -0.1) is 0 Å². The molecular formula is C24H23NO3. The minimum atomic E-state index is -0.179. The Morgan fingerprint density at radius 1 is 0.821 bits per heavy atom. The molecule has 142 valence electrons. The largest absolute Gasteiger partial charge is 0.485 e. The van der Waals surface area contributed by atoms with Crippen LogP contribution in [0.4, 0.5) is 5.69 Å². The third-order valence-corrected chi connectivity index (χ3v) is 4.68. The summed E-state index contributed by atoms with van der Waals surface area (Å²) >= 11 is 0. The summed E-state index contributed by atoms with van der Waals surface area (Å²) in [5.74, 6) is 0.263. The number of rotatable bonds is 6. The lowest BCUT2D eigenvalue weighted by Gasteiger charge is -2.10. The second kappa shape index (κ2) is 8.53. The van der Waals surface area contributed by atoms with Gasteiger partial charge in [0.25, 0.3) is 5.91 Å². The van der Waals surface area contributed by atoms with Gasteiger partial charge >= 0.3 is 0 Å². The highest BCUT2D eigenvalue weighted by molar-refractivity contribution is 6.05. The smallest absolute Gasteiger partial charge is 0.255 e. The van der Waals surface area contributed by atoms with Crippen molar-refractivity contribution in [3.63, 3.8) is 0 Å². The van der Waals surface area contributed by atoms with Crippen molar-refractivity contribution in [2.24, 2.45) is 0 Å². The van der Waals surface area contributed by atoms with Gasteiger partial charge in [-0.1, -0.05) is 36.4 Å². The van der Waals surface area contributed by atoms with Crippen molar-refractivity contribution < 1.29 is 14.3 Å². The molecule has 3 aromatic carbocycles. The molecule has 0 aromatic heterocycles. The van der Waals surface area contributed by atoms with Gasteiger partial charge in [0.2, 0.25) is 0 Å². The molecule has 0 aliphatic rings. The van der Waals surface area contributed by atoms with Crippen LogP contribution in [0.15, 0.2) is 66.7 Å². The Kier molecular flexibility index (Phi) is 5.90. The number of anilines is 1. The summed E-state index contributed by atoms with van der Waals surface area (Å²) in [4.78, 5) is 24.8. The van der Waals surface area contributed by atoms with E-state index >= 15 is 0 Å². The van der Waals surface area contributed by atoms with Crippen LogP contribution in [0, 0.1) is 20.8 Å². The predicted octanol–water partition coefficient (Wildman–Crippen LogP) is 5.13. The zero-order valence-electron chi connectivity index (χ0n) is 16.3. The average Bonchev–Trinajstić information content (AvgIpc) is 2.69. The first-order valence-corrected chi connectivity index (χ1v) is 9.14. The molecule has 4 nitrogen and oxygen atoms in total. The SMILES string of the molecule is Cc1ccc(C(=O)COc2cccc(NC(=O)c3ccccc3C)c2)cc1C. The van der Waals surface area contributed by atoms with Crippen molar-refractivity contribution >= 4 is 17.4 Å². The monoisotopic (exact) mass is 373 g/mol. The van der Waals surface area contributed by atoms with Crippen LogP contribution in [0.3, 0.4) is 0 Å². The Morgan fingerprint density at radius 2 is 1.61 bits per heavy atom. The van der Waals surface area contributed by atoms with Crippen molar-refractivity contribution in [1.82, 2.24) is 0 Å². The fraction of sp³-hybridized carbons (Fsp3) is 0.167. The highest BCUT2D eigenvalue weighted by Gasteiger charge is 2.11. The van der Waals surface area contributed by atoms with Crippen LogP contribution in [0.2, 0.25) is 0 Å². The summed E-state index contributed by atoms with van der Waals surface area (Å²) in [6.45, 7) is 5.83. The summed E-state index contributed by atoms with van der Waals surface area (Å²) in [6.07, 6.45) is 0. The standard InChI is InChI=1S/C24H23NO3/c1-16-11-12-19(13-18(16)3)23(26)15-28-21-9-6-8-20(14-21)25-24(27)22-10-5-4-7-17(22)2/h4-14H,15H2,1-3H3,(H,25,27). The maximum atomic E-state index is 12.5. The molecule has 0 aliphatic carbocycles. The third-order valence-electron chi connectivity index (χ3n) is 4.68. The molecule has 0 saturated carbocycles. The Bertz CT molecular complexity index is 1020. The molecule has 0 saturated heterocycles. The molecular weight excluding hydrogens is 350 g/mol. The fourth-order valence-corrected chi connectivity index (χ4v) is 2.84. The van der Waals surface area contributed by atoms with Gasteiger partial charge in [0.15, 0.2) is 12.4 Å². The number of ketones is 1. The van der Waals surface area contributed by atoms with E-state index in [1.807, 2.05) is 57.2 Å². The van der Waals surface area contributed by atoms with E-state index in [-0.39, 0.29) is 18.3 Å². The summed E-state index contributed by atoms with van der Waals surface area (Å²) in [5, 5.41) is 2.87. The quantitative estimate of drug-likeness (QED) is 0.610. The lowest BCUT2D eigenvalue weighted by molar-refractivity contribution is 0.0920. The first-order chi connectivity index (χ1) is 13.4. The number of benzene rings is 3. The van der Waals surface area contributed by atoms with E-state index in [1.54, 1.807) is 30.3 Å². The molecule has 0 heterocycles. The lowest BCUT2D eigenvalue weighted by Crippen LogP contribution is -2.14. The summed E-state index contributed by atoms with van der Waals surface area (Å²) in [6, 6.07) is 20.1. The molecule has 3 aromatic rings. The molecule has 1 N–H and O–H groups in total. The van der Waals surface area contributed by atoms with Crippen LogP contribution in [-0.4, -0.2) is 18.3 Å². The number of amides is 1. The second-order valence-electron chi connectivity index (χ2n) is 6.81. The van der Waals surface area contributed by atoms with Crippen LogP contribution in [0.25, 0.3) is 0 Å². The predicted molar refractivity (Wildman–Crippen MR) is 111 cm³/mol. The van der Waals surface area contributed by atoms with Crippen molar-refractivity contribution in [2.75, 3.05) is 11.9 Å². The molecule has 0 atom stereocenters. The van der Waals surface area contributed by atoms with E-state index in [4.69, 9.17) is 4.74 Å². The van der Waals surface area contributed by atoms with Gasteiger partial charge in [0.05, 0.1) is 0 Å². The topological polar surface area (TPSA) is 55.4 Å². The maximum absolute atomic E-state index is 12.5. The van der Waals surface area contributed by atoms with Crippen LogP contribution in [-0.2, 0) is 0 Å². The minimum Gasteiger partial charge on any atom is -0.485 e. The molecule has 0 bridgehead atoms. The number of hydrogen-bond acceptors (Lipinski definition) is 3. The Hall–Kier alpha value is -3.40. The van der Waals surface area contributed by atoms with Crippen molar-refractivity contribution in [3.8, 4) is 5.75 Å². The molecule has 1 amide bonds. The van der Waals surface area contributed by atoms with E-state index in [0.29, 0.717) is 22.6 Å². The molecule has 0 unspecified atom stereocenters. The molecule has 0 aliphatic heterocycles. The number of Topliss-reactive ketones (excluding diaryl/α,β-unsaturated/α-hetero) is 1. The third kappa shape index (κ3) is 4.65. The summed E-state index contributed by atoms with van der Waals surface area (Å²) in [7, 11) is 0. The number of carbonyl (C=O) groups excluding carboxylic acids is 2. The maximum Gasteiger partial charge on any atom is 0.255 e. The highest BCUT2D eigenvalue weighted by Crippen LogP contribution is 2.19. The van der Waals surface area contributed by atoms with Gasteiger partial charge in [-0.2, -0.15) is 0 Å². The van der Waals surface area contributed by atoms with Gasteiger partial charge in [-0.3, -0.25) is 9.59 Å². The van der Waals surface area contributed by atoms with Crippen LogP contribution in [0.1, 0.15) is 37.4 Å². The second-order valence-corrected chi connectivity index (χ2v) is 6.81. The van der Waals surface area contributed by atoms with E-state index in [1.165, 1.54) is 0 Å². The van der Waals surface area contributed by atoms with Gasteiger partial charge < -0.3 is 10.1 Å². The first kappa shape index (κ1) is 19.4. The van der Waals surface area contributed by atoms with E-state index < -0.39 is 0 Å². The number of ether oxygens (including phenoxy) is 1. The molecule has 0 radical (unpaired) electrons. The Labute approximate surface area is 165 Å². The van der Waals surface area contributed by atoms with Crippen molar-refractivity contribution in [1.29, 1.82) is 0 Å². The number of hydrogen-bond donors (Lipinski definition) is 1. The van der Waals surface area contributed by atoms with E-state index in [2.05, 4.69) is 5.32 Å². The van der Waals surface area contributed by atoms with Gasteiger partial charge in [0.1, 0.15) is 5.75 Å². The minimum absolute atomic E-state index is 0.0578. The molecule has 0 spiro atoms. The van der Waals surface area contributed by atoms with Crippen molar-refractivity contribution in [2.45, 2.75) is 20.8 Å². The molecule has 3 rings (SSSR count). The first-order valence-electron chi connectivity index (χ1n) is 9.14. The van der Waals surface area contributed by atoms with E-state index in [9.17, 15) is 9.59 Å². The van der Waals surface area contributed by atoms with Crippen LogP contribution in [0.5, 0.6) is 5.75 Å². The zero-order valence-corrected chi connectivity index (χ0v) is 16.3. The average molecular weight is 373 g/mol. The summed E-state index contributed by atoms with van der Waals surface area (Å²) in [5.41, 5.74) is 5.00. The van der Waals surface area contributed by atoms with Gasteiger partial charge in [-0.05, 0) is 61.7 Å². The highest BCUT2D eigenvalue weighted by atomic mass is 16.5. The van der Waals surface area contributed by atoms with E-state index in [0.717, 1.165) is 16.7 Å². The lowest BCUT2D eigenvalue weighted by atomic mass is 10.0. The van der Waals surface area contributed by atoms with Crippen LogP contribution >= 0.6 is 0 Å². The molecule has 28 heavy (non-hydrogen) atoms. The Balaban J connectivity index is 1.65. The normalized spacial score (nSPS) is 10.4. The number of nitrogens with one attached hydrogen (secondary N) is 1. The zero-order chi connectivity index (χ0) is 20.1. The molecule has 4 heteroatoms. The summed E-state index contributed by atoms with van der Waals surface area (Å²) < 4.78 is 5.64. The Morgan fingerprint density at radius 3 is 2.36 bits per heavy atom. The fourth-order valence-electron chi connectivity index (χ4n) is 2.84. The van der Waals surface area contributed by atoms with Gasteiger partial charge in [-0.25, -0.2) is 0 Å². The van der Waals surface area contributed by atoms with Crippen molar-refractivity contribution in [3.05, 3.63) is 94.5 Å². The number of carbonyl (C=O) groups is 2. The van der Waals surface area contributed by atoms with Crippen LogP contribution < -0.4 is 10.1 Å². The van der Waals surface area contributed by atoms with Gasteiger partial charge in [0, 0.05) is 22.9 Å².